The predicted molar refractivity (Wildman–Crippen MR) is 77.4 cm³/mol. The molecule has 0 saturated heterocycles. The topological polar surface area (TPSA) is 20.2 Å². The summed E-state index contributed by atoms with van der Waals surface area (Å²) < 4.78 is 0. The van der Waals surface area contributed by atoms with E-state index in [0.717, 1.165) is 18.8 Å². The zero-order chi connectivity index (χ0) is 13.4. The second-order valence-corrected chi connectivity index (χ2v) is 7.46. The Morgan fingerprint density at radius 2 is 1.89 bits per heavy atom. The first kappa shape index (κ1) is 14.1. The van der Waals surface area contributed by atoms with E-state index in [1.165, 1.54) is 25.7 Å². The van der Waals surface area contributed by atoms with Crippen molar-refractivity contribution in [1.29, 1.82) is 0 Å². The molecule has 18 heavy (non-hydrogen) atoms. The van der Waals surface area contributed by atoms with Crippen molar-refractivity contribution in [3.8, 4) is 0 Å². The Morgan fingerprint density at radius 1 is 1.17 bits per heavy atom. The van der Waals surface area contributed by atoms with Gasteiger partial charge in [0.15, 0.2) is 0 Å². The lowest BCUT2D eigenvalue weighted by atomic mass is 9.47. The van der Waals surface area contributed by atoms with E-state index >= 15 is 0 Å². The van der Waals surface area contributed by atoms with Crippen molar-refractivity contribution in [2.75, 3.05) is 0 Å². The summed E-state index contributed by atoms with van der Waals surface area (Å²) in [6.07, 6.45) is 11.6. The summed E-state index contributed by atoms with van der Waals surface area (Å²) in [7, 11) is 0. The lowest BCUT2D eigenvalue weighted by Crippen LogP contribution is -2.53. The van der Waals surface area contributed by atoms with Gasteiger partial charge in [-0.2, -0.15) is 0 Å². The molecule has 2 aliphatic rings. The molecule has 2 fully saturated rings. The fraction of sp³-hybridized carbons (Fsp3) is 0.882. The molecular formula is C17H30O. The van der Waals surface area contributed by atoms with Crippen molar-refractivity contribution < 1.29 is 5.11 Å². The van der Waals surface area contributed by atoms with Crippen LogP contribution in [0.5, 0.6) is 0 Å². The first-order valence-electron chi connectivity index (χ1n) is 7.71. The molecule has 0 radical (unpaired) electrons. The van der Waals surface area contributed by atoms with Gasteiger partial charge >= 0.3 is 0 Å². The lowest BCUT2D eigenvalue weighted by molar-refractivity contribution is -0.121. The Balaban J connectivity index is 2.27. The fourth-order valence-electron chi connectivity index (χ4n) is 5.02. The van der Waals surface area contributed by atoms with E-state index in [-0.39, 0.29) is 6.10 Å². The van der Waals surface area contributed by atoms with Crippen molar-refractivity contribution in [1.82, 2.24) is 0 Å². The summed E-state index contributed by atoms with van der Waals surface area (Å²) in [5, 5.41) is 10.4. The molecule has 0 aliphatic heterocycles. The number of aliphatic hydroxyl groups is 1. The smallest absolute Gasteiger partial charge is 0.0576 e. The summed E-state index contributed by atoms with van der Waals surface area (Å²) >= 11 is 0. The maximum absolute atomic E-state index is 10.4. The van der Waals surface area contributed by atoms with E-state index in [9.17, 15) is 5.11 Å². The lowest BCUT2D eigenvalue weighted by Gasteiger charge is -2.58. The minimum Gasteiger partial charge on any atom is -0.393 e. The third kappa shape index (κ3) is 2.27. The second-order valence-electron chi connectivity index (χ2n) is 7.46. The number of hydrogen-bond donors (Lipinski definition) is 1. The maximum Gasteiger partial charge on any atom is 0.0576 e. The van der Waals surface area contributed by atoms with E-state index < -0.39 is 0 Å². The van der Waals surface area contributed by atoms with Gasteiger partial charge in [-0.05, 0) is 61.7 Å². The van der Waals surface area contributed by atoms with Gasteiger partial charge in [0.25, 0.3) is 0 Å². The van der Waals surface area contributed by atoms with Crippen LogP contribution in [0.15, 0.2) is 12.2 Å². The van der Waals surface area contributed by atoms with Crippen LogP contribution in [0.2, 0.25) is 0 Å². The standard InChI is InChI=1S/C17H30O/c1-5-6-8-13-14(18)9-10-15-16(2,3)11-7-12-17(13,15)4/h5-6,13-15,18H,7-12H2,1-4H3. The van der Waals surface area contributed by atoms with Crippen LogP contribution in [-0.4, -0.2) is 11.2 Å². The molecule has 4 unspecified atom stereocenters. The van der Waals surface area contributed by atoms with Crippen molar-refractivity contribution >= 4 is 0 Å². The number of rotatable bonds is 2. The van der Waals surface area contributed by atoms with E-state index in [2.05, 4.69) is 39.8 Å². The zero-order valence-corrected chi connectivity index (χ0v) is 12.6. The van der Waals surface area contributed by atoms with Crippen molar-refractivity contribution in [3.05, 3.63) is 12.2 Å². The summed E-state index contributed by atoms with van der Waals surface area (Å²) in [5.74, 6) is 1.25. The number of fused-ring (bicyclic) bond motifs is 1. The third-order valence-corrected chi connectivity index (χ3v) is 5.96. The van der Waals surface area contributed by atoms with Crippen LogP contribution in [0.3, 0.4) is 0 Å². The van der Waals surface area contributed by atoms with Crippen LogP contribution in [0.1, 0.15) is 66.2 Å². The largest absolute Gasteiger partial charge is 0.393 e. The molecule has 2 saturated carbocycles. The highest BCUT2D eigenvalue weighted by Crippen LogP contribution is 2.60. The molecule has 0 heterocycles. The van der Waals surface area contributed by atoms with Crippen LogP contribution in [0.25, 0.3) is 0 Å². The van der Waals surface area contributed by atoms with Crippen molar-refractivity contribution in [3.63, 3.8) is 0 Å². The van der Waals surface area contributed by atoms with Gasteiger partial charge in [0.2, 0.25) is 0 Å². The van der Waals surface area contributed by atoms with Crippen molar-refractivity contribution in [2.24, 2.45) is 22.7 Å². The molecule has 104 valence electrons. The molecule has 0 aromatic rings. The molecule has 1 heteroatoms. The van der Waals surface area contributed by atoms with Gasteiger partial charge in [-0.15, -0.1) is 0 Å². The second kappa shape index (κ2) is 5.00. The Labute approximate surface area is 113 Å². The first-order chi connectivity index (χ1) is 8.42. The van der Waals surface area contributed by atoms with Crippen LogP contribution in [0.4, 0.5) is 0 Å². The molecule has 0 spiro atoms. The average molecular weight is 250 g/mol. The van der Waals surface area contributed by atoms with Crippen molar-refractivity contribution in [2.45, 2.75) is 72.3 Å². The highest BCUT2D eigenvalue weighted by molar-refractivity contribution is 5.05. The van der Waals surface area contributed by atoms with Crippen LogP contribution in [-0.2, 0) is 0 Å². The maximum atomic E-state index is 10.4. The van der Waals surface area contributed by atoms with E-state index in [0.29, 0.717) is 16.7 Å². The minimum absolute atomic E-state index is 0.0867. The van der Waals surface area contributed by atoms with Crippen LogP contribution in [0, 0.1) is 22.7 Å². The number of hydrogen-bond acceptors (Lipinski definition) is 1. The van der Waals surface area contributed by atoms with Gasteiger partial charge in [-0.3, -0.25) is 0 Å². The van der Waals surface area contributed by atoms with E-state index in [4.69, 9.17) is 0 Å². The van der Waals surface area contributed by atoms with Gasteiger partial charge in [-0.1, -0.05) is 39.3 Å². The molecule has 2 rings (SSSR count). The predicted octanol–water partition coefficient (Wildman–Crippen LogP) is 4.56. The summed E-state index contributed by atoms with van der Waals surface area (Å²) in [5.41, 5.74) is 0.806. The average Bonchev–Trinajstić information content (AvgIpc) is 2.27. The quantitative estimate of drug-likeness (QED) is 0.713. The molecule has 0 aromatic carbocycles. The fourth-order valence-corrected chi connectivity index (χ4v) is 5.02. The van der Waals surface area contributed by atoms with Gasteiger partial charge in [0.1, 0.15) is 0 Å². The van der Waals surface area contributed by atoms with Gasteiger partial charge in [0, 0.05) is 0 Å². The third-order valence-electron chi connectivity index (χ3n) is 5.96. The molecule has 2 aliphatic carbocycles. The SMILES string of the molecule is CC=CCC1C(O)CCC2C(C)(C)CCCC12C. The normalized spacial score (nSPS) is 43.9. The highest BCUT2D eigenvalue weighted by atomic mass is 16.3. The molecule has 0 aromatic heterocycles. The summed E-state index contributed by atoms with van der Waals surface area (Å²) in [6.45, 7) is 9.42. The molecular weight excluding hydrogens is 220 g/mol. The highest BCUT2D eigenvalue weighted by Gasteiger charge is 2.53. The van der Waals surface area contributed by atoms with E-state index in [1.807, 2.05) is 0 Å². The first-order valence-corrected chi connectivity index (χ1v) is 7.71. The molecule has 1 N–H and O–H groups in total. The number of allylic oxidation sites excluding steroid dienone is 2. The number of aliphatic hydroxyl groups excluding tert-OH is 1. The van der Waals surface area contributed by atoms with Gasteiger partial charge in [0.05, 0.1) is 6.10 Å². The molecule has 1 nitrogen and oxygen atoms in total. The molecule has 4 atom stereocenters. The Hall–Kier alpha value is -0.300. The zero-order valence-electron chi connectivity index (χ0n) is 12.6. The Kier molecular flexibility index (Phi) is 3.92. The van der Waals surface area contributed by atoms with Gasteiger partial charge in [-0.25, -0.2) is 0 Å². The molecule has 0 bridgehead atoms. The minimum atomic E-state index is -0.0867. The summed E-state index contributed by atoms with van der Waals surface area (Å²) in [4.78, 5) is 0. The van der Waals surface area contributed by atoms with Gasteiger partial charge < -0.3 is 5.11 Å². The summed E-state index contributed by atoms with van der Waals surface area (Å²) in [6, 6.07) is 0. The Bertz CT molecular complexity index is 318. The Morgan fingerprint density at radius 3 is 2.56 bits per heavy atom. The monoisotopic (exact) mass is 250 g/mol. The van der Waals surface area contributed by atoms with Crippen LogP contribution < -0.4 is 0 Å². The van der Waals surface area contributed by atoms with E-state index in [1.54, 1.807) is 0 Å². The van der Waals surface area contributed by atoms with Crippen LogP contribution >= 0.6 is 0 Å². The molecule has 0 amide bonds.